The minimum atomic E-state index is -0.213. The van der Waals surface area contributed by atoms with E-state index in [2.05, 4.69) is 16.4 Å². The summed E-state index contributed by atoms with van der Waals surface area (Å²) in [5, 5.41) is 23.5. The highest BCUT2D eigenvalue weighted by Gasteiger charge is 2.23. The van der Waals surface area contributed by atoms with Gasteiger partial charge < -0.3 is 25.3 Å². The predicted molar refractivity (Wildman–Crippen MR) is 139 cm³/mol. The lowest BCUT2D eigenvalue weighted by atomic mass is 9.96. The second kappa shape index (κ2) is 12.0. The van der Waals surface area contributed by atoms with E-state index in [0.717, 1.165) is 0 Å². The fraction of sp³-hybridized carbons (Fsp3) is 0.200. The zero-order valence-electron chi connectivity index (χ0n) is 19.7. The maximum Gasteiger partial charge on any atom is 0.225 e. The minimum absolute atomic E-state index is 0.0339. The number of amides is 1. The summed E-state index contributed by atoms with van der Waals surface area (Å²) in [6, 6.07) is 14.2. The molecule has 3 aromatic rings. The van der Waals surface area contributed by atoms with Crippen molar-refractivity contribution in [2.24, 2.45) is 0 Å². The molecule has 0 aliphatic heterocycles. The normalized spacial score (nSPS) is 10.2. The smallest absolute Gasteiger partial charge is 0.225 e. The quantitative estimate of drug-likeness (QED) is 0.375. The molecule has 0 spiro atoms. The first kappa shape index (κ1) is 26.5. The van der Waals surface area contributed by atoms with E-state index >= 15 is 0 Å². The van der Waals surface area contributed by atoms with Crippen molar-refractivity contribution in [3.05, 3.63) is 52.5 Å². The number of anilines is 2. The highest BCUT2D eigenvalue weighted by molar-refractivity contribution is 7.99. The monoisotopic (exact) mass is 523 g/mol. The molecule has 0 saturated heterocycles. The Hall–Kier alpha value is -4.12. The SMILES string of the molecule is COc1cc(-c2c(C#N)c(N)nc(SCCC(=O)Nc3ccc(Cl)cc3)c2C#N)cc(OC)c1OC. The Labute approximate surface area is 217 Å². The van der Waals surface area contributed by atoms with Crippen molar-refractivity contribution in [1.29, 1.82) is 10.5 Å². The summed E-state index contributed by atoms with van der Waals surface area (Å²) in [4.78, 5) is 16.6. The second-order valence-corrected chi connectivity index (χ2v) is 8.74. The largest absolute Gasteiger partial charge is 0.493 e. The third kappa shape index (κ3) is 5.74. The van der Waals surface area contributed by atoms with Gasteiger partial charge in [0.1, 0.15) is 28.5 Å². The highest BCUT2D eigenvalue weighted by atomic mass is 35.5. The molecule has 3 N–H and O–H groups in total. The van der Waals surface area contributed by atoms with Crippen LogP contribution < -0.4 is 25.3 Å². The number of hydrogen-bond donors (Lipinski definition) is 2. The van der Waals surface area contributed by atoms with Crippen LogP contribution in [0, 0.1) is 22.7 Å². The zero-order chi connectivity index (χ0) is 26.2. The number of nitriles is 2. The van der Waals surface area contributed by atoms with E-state index in [1.54, 1.807) is 36.4 Å². The minimum Gasteiger partial charge on any atom is -0.493 e. The number of hydrogen-bond acceptors (Lipinski definition) is 9. The molecule has 0 aliphatic rings. The molecule has 11 heteroatoms. The summed E-state index contributed by atoms with van der Waals surface area (Å²) in [6.07, 6.45) is 0.152. The van der Waals surface area contributed by atoms with Gasteiger partial charge in [-0.1, -0.05) is 11.6 Å². The van der Waals surface area contributed by atoms with Gasteiger partial charge in [-0.15, -0.1) is 11.8 Å². The summed E-state index contributed by atoms with van der Waals surface area (Å²) in [7, 11) is 4.41. The number of benzene rings is 2. The van der Waals surface area contributed by atoms with Crippen molar-refractivity contribution < 1.29 is 19.0 Å². The van der Waals surface area contributed by atoms with Crippen molar-refractivity contribution in [1.82, 2.24) is 4.98 Å². The third-order valence-electron chi connectivity index (χ3n) is 5.06. The van der Waals surface area contributed by atoms with Crippen molar-refractivity contribution in [3.8, 4) is 40.5 Å². The van der Waals surface area contributed by atoms with Gasteiger partial charge in [0.05, 0.1) is 26.9 Å². The van der Waals surface area contributed by atoms with Crippen LogP contribution in [-0.2, 0) is 4.79 Å². The first-order valence-electron chi connectivity index (χ1n) is 10.5. The van der Waals surface area contributed by atoms with E-state index in [1.165, 1.54) is 33.1 Å². The Bertz CT molecular complexity index is 1340. The number of nitrogens with two attached hydrogens (primary N) is 1. The summed E-state index contributed by atoms with van der Waals surface area (Å²) in [6.45, 7) is 0. The molecule has 3 rings (SSSR count). The molecule has 0 unspecified atom stereocenters. The third-order valence-corrected chi connectivity index (χ3v) is 6.29. The first-order valence-corrected chi connectivity index (χ1v) is 11.8. The van der Waals surface area contributed by atoms with Gasteiger partial charge in [0.25, 0.3) is 0 Å². The number of nitrogen functional groups attached to an aromatic ring is 1. The fourth-order valence-electron chi connectivity index (χ4n) is 3.41. The maximum atomic E-state index is 12.3. The molecule has 36 heavy (non-hydrogen) atoms. The molecule has 0 atom stereocenters. The number of nitrogens with one attached hydrogen (secondary N) is 1. The summed E-state index contributed by atoms with van der Waals surface area (Å²) in [5.74, 6) is 1.14. The number of rotatable bonds is 9. The molecule has 0 radical (unpaired) electrons. The van der Waals surface area contributed by atoms with Crippen molar-refractivity contribution in [3.63, 3.8) is 0 Å². The Kier molecular flexibility index (Phi) is 8.85. The van der Waals surface area contributed by atoms with Crippen molar-refractivity contribution in [2.75, 3.05) is 38.1 Å². The average molecular weight is 524 g/mol. The predicted octanol–water partition coefficient (Wildman–Crippen LogP) is 4.87. The van der Waals surface area contributed by atoms with E-state index in [1.807, 2.05) is 6.07 Å². The topological polar surface area (TPSA) is 143 Å². The number of carbonyl (C=O) groups excluding carboxylic acids is 1. The molecule has 1 aromatic heterocycles. The molecular weight excluding hydrogens is 502 g/mol. The molecule has 184 valence electrons. The lowest BCUT2D eigenvalue weighted by Gasteiger charge is -2.17. The van der Waals surface area contributed by atoms with Crippen LogP contribution in [0.5, 0.6) is 17.2 Å². The second-order valence-electron chi connectivity index (χ2n) is 7.22. The average Bonchev–Trinajstić information content (AvgIpc) is 2.88. The number of aromatic nitrogens is 1. The summed E-state index contributed by atoms with van der Waals surface area (Å²) < 4.78 is 16.2. The van der Waals surface area contributed by atoms with Crippen LogP contribution in [0.3, 0.4) is 0 Å². The van der Waals surface area contributed by atoms with Gasteiger partial charge in [0, 0.05) is 28.4 Å². The van der Waals surface area contributed by atoms with E-state index in [0.29, 0.717) is 49.9 Å². The molecule has 0 saturated carbocycles. The molecule has 2 aromatic carbocycles. The molecule has 0 bridgehead atoms. The molecule has 0 fully saturated rings. The standard InChI is InChI=1S/C25H22ClN5O4S/c1-33-19-10-14(11-20(34-2)23(19)35-3)22-17(12-27)24(29)31-25(18(22)13-28)36-9-8-21(32)30-16-6-4-15(26)5-7-16/h4-7,10-11H,8-9H2,1-3H3,(H2,29,31)(H,30,32). The van der Waals surface area contributed by atoms with Gasteiger partial charge in [-0.3, -0.25) is 4.79 Å². The van der Waals surface area contributed by atoms with Crippen LogP contribution in [0.4, 0.5) is 11.5 Å². The molecular formula is C25H22ClN5O4S. The highest BCUT2D eigenvalue weighted by Crippen LogP contribution is 2.44. The van der Waals surface area contributed by atoms with Crippen LogP contribution in [0.15, 0.2) is 41.4 Å². The van der Waals surface area contributed by atoms with Gasteiger partial charge in [-0.2, -0.15) is 10.5 Å². The molecule has 9 nitrogen and oxygen atoms in total. The number of carbonyl (C=O) groups is 1. The Morgan fingerprint density at radius 3 is 2.19 bits per heavy atom. The zero-order valence-corrected chi connectivity index (χ0v) is 21.3. The van der Waals surface area contributed by atoms with Gasteiger partial charge >= 0.3 is 0 Å². The molecule has 1 amide bonds. The Morgan fingerprint density at radius 1 is 1.06 bits per heavy atom. The first-order chi connectivity index (χ1) is 17.4. The molecule has 0 aliphatic carbocycles. The van der Waals surface area contributed by atoms with Crippen LogP contribution in [0.1, 0.15) is 17.5 Å². The van der Waals surface area contributed by atoms with E-state index in [-0.39, 0.29) is 29.3 Å². The van der Waals surface area contributed by atoms with Crippen LogP contribution in [-0.4, -0.2) is 38.0 Å². The van der Waals surface area contributed by atoms with Crippen molar-refractivity contribution >= 4 is 40.8 Å². The fourth-order valence-corrected chi connectivity index (χ4v) is 4.48. The van der Waals surface area contributed by atoms with Crippen LogP contribution in [0.2, 0.25) is 5.02 Å². The lowest BCUT2D eigenvalue weighted by molar-refractivity contribution is -0.115. The number of pyridine rings is 1. The number of halogens is 1. The van der Waals surface area contributed by atoms with Gasteiger partial charge in [0.15, 0.2) is 11.5 Å². The summed E-state index contributed by atoms with van der Waals surface area (Å²) in [5.41, 5.74) is 7.68. The number of thioether (sulfide) groups is 1. The Morgan fingerprint density at radius 2 is 1.67 bits per heavy atom. The van der Waals surface area contributed by atoms with E-state index in [4.69, 9.17) is 31.5 Å². The van der Waals surface area contributed by atoms with E-state index < -0.39 is 0 Å². The Balaban J connectivity index is 1.94. The summed E-state index contributed by atoms with van der Waals surface area (Å²) >= 11 is 7.06. The maximum absolute atomic E-state index is 12.3. The van der Waals surface area contributed by atoms with Gasteiger partial charge in [-0.05, 0) is 42.0 Å². The van der Waals surface area contributed by atoms with Crippen molar-refractivity contribution in [2.45, 2.75) is 11.4 Å². The number of methoxy groups -OCH3 is 3. The van der Waals surface area contributed by atoms with Gasteiger partial charge in [0.2, 0.25) is 11.7 Å². The van der Waals surface area contributed by atoms with Gasteiger partial charge in [-0.25, -0.2) is 4.98 Å². The van der Waals surface area contributed by atoms with Crippen LogP contribution in [0.25, 0.3) is 11.1 Å². The van der Waals surface area contributed by atoms with Crippen LogP contribution >= 0.6 is 23.4 Å². The lowest BCUT2D eigenvalue weighted by Crippen LogP contribution is -2.12. The number of ether oxygens (including phenoxy) is 3. The number of nitrogens with zero attached hydrogens (tertiary/aromatic N) is 3. The molecule has 1 heterocycles. The van der Waals surface area contributed by atoms with E-state index in [9.17, 15) is 15.3 Å².